The van der Waals surface area contributed by atoms with Crippen molar-refractivity contribution in [2.45, 2.75) is 26.3 Å². The second-order valence-corrected chi connectivity index (χ2v) is 7.61. The monoisotopic (exact) mass is 335 g/mol. The third-order valence-corrected chi connectivity index (χ3v) is 5.12. The van der Waals surface area contributed by atoms with Crippen molar-refractivity contribution in [2.75, 3.05) is 11.5 Å². The Hall–Kier alpha value is -2.15. The Kier molecular flexibility index (Phi) is 5.54. The minimum absolute atomic E-state index is 0.0313. The third-order valence-electron chi connectivity index (χ3n) is 3.38. The van der Waals surface area contributed by atoms with E-state index in [1.807, 2.05) is 43.5 Å². The van der Waals surface area contributed by atoms with Gasteiger partial charge in [-0.3, -0.25) is 4.79 Å². The van der Waals surface area contributed by atoms with Crippen LogP contribution in [0, 0.1) is 0 Å². The van der Waals surface area contributed by atoms with Crippen LogP contribution in [0.15, 0.2) is 42.7 Å². The van der Waals surface area contributed by atoms with Crippen LogP contribution in [-0.2, 0) is 14.6 Å². The van der Waals surface area contributed by atoms with Gasteiger partial charge in [0, 0.05) is 12.4 Å². The highest BCUT2D eigenvalue weighted by Gasteiger charge is 2.18. The van der Waals surface area contributed by atoms with Crippen molar-refractivity contribution >= 4 is 15.7 Å². The summed E-state index contributed by atoms with van der Waals surface area (Å²) in [4.78, 5) is 11.9. The molecule has 0 aliphatic heterocycles. The van der Waals surface area contributed by atoms with E-state index in [-0.39, 0.29) is 11.8 Å². The van der Waals surface area contributed by atoms with E-state index < -0.39 is 21.5 Å². The molecular formula is C16H21N3O3S. The molecular weight excluding hydrogens is 314 g/mol. The van der Waals surface area contributed by atoms with Crippen molar-refractivity contribution < 1.29 is 13.2 Å². The maximum Gasteiger partial charge on any atom is 0.235 e. The van der Waals surface area contributed by atoms with E-state index in [4.69, 9.17) is 0 Å². The fourth-order valence-corrected chi connectivity index (χ4v) is 3.56. The maximum absolute atomic E-state index is 11.9. The largest absolute Gasteiger partial charge is 0.349 e. The number of amides is 1. The van der Waals surface area contributed by atoms with Crippen LogP contribution >= 0.6 is 0 Å². The summed E-state index contributed by atoms with van der Waals surface area (Å²) in [5, 5.41) is 6.90. The summed E-state index contributed by atoms with van der Waals surface area (Å²) < 4.78 is 25.1. The summed E-state index contributed by atoms with van der Waals surface area (Å²) in [7, 11) is -3.33. The first-order valence-electron chi connectivity index (χ1n) is 7.51. The van der Waals surface area contributed by atoms with Crippen molar-refractivity contribution in [3.63, 3.8) is 0 Å². The molecule has 0 spiro atoms. The van der Waals surface area contributed by atoms with Gasteiger partial charge in [0.2, 0.25) is 5.91 Å². The summed E-state index contributed by atoms with van der Waals surface area (Å²) in [6.45, 7) is 3.60. The lowest BCUT2D eigenvalue weighted by molar-refractivity contribution is -0.119. The van der Waals surface area contributed by atoms with Crippen LogP contribution in [0.1, 0.15) is 31.9 Å². The van der Waals surface area contributed by atoms with Crippen molar-refractivity contribution in [3.05, 3.63) is 48.3 Å². The van der Waals surface area contributed by atoms with Gasteiger partial charge in [-0.05, 0) is 37.1 Å². The van der Waals surface area contributed by atoms with Crippen LogP contribution in [0.4, 0.5) is 0 Å². The smallest absolute Gasteiger partial charge is 0.235 e. The number of sulfone groups is 1. The Morgan fingerprint density at radius 2 is 2.13 bits per heavy atom. The van der Waals surface area contributed by atoms with Gasteiger partial charge in [0.05, 0.1) is 17.5 Å². The molecule has 2 rings (SSSR count). The van der Waals surface area contributed by atoms with Crippen LogP contribution in [0.25, 0.3) is 5.69 Å². The van der Waals surface area contributed by atoms with Crippen LogP contribution in [0.2, 0.25) is 0 Å². The van der Waals surface area contributed by atoms with E-state index >= 15 is 0 Å². The average molecular weight is 335 g/mol. The molecule has 23 heavy (non-hydrogen) atoms. The Morgan fingerprint density at radius 1 is 1.35 bits per heavy atom. The van der Waals surface area contributed by atoms with E-state index in [9.17, 15) is 13.2 Å². The van der Waals surface area contributed by atoms with Crippen molar-refractivity contribution in [1.82, 2.24) is 15.1 Å². The van der Waals surface area contributed by atoms with Gasteiger partial charge in [-0.2, -0.15) is 5.10 Å². The molecule has 0 aliphatic carbocycles. The van der Waals surface area contributed by atoms with Crippen molar-refractivity contribution in [1.29, 1.82) is 0 Å². The standard InChI is InChI=1S/C16H21N3O3S/c1-3-10-23(21,22)12-16(20)18-13(2)14-6-4-7-15(11-14)19-9-5-8-17-19/h4-9,11,13H,3,10,12H2,1-2H3,(H,18,20)/t13-/m0/s1. The highest BCUT2D eigenvalue weighted by molar-refractivity contribution is 7.92. The number of carbonyl (C=O) groups excluding carboxylic acids is 1. The molecule has 0 unspecified atom stereocenters. The van der Waals surface area contributed by atoms with Crippen LogP contribution in [0.3, 0.4) is 0 Å². The minimum atomic E-state index is -3.33. The van der Waals surface area contributed by atoms with Crippen LogP contribution in [-0.4, -0.2) is 35.6 Å². The first-order valence-corrected chi connectivity index (χ1v) is 9.33. The van der Waals surface area contributed by atoms with Gasteiger partial charge < -0.3 is 5.32 Å². The lowest BCUT2D eigenvalue weighted by Crippen LogP contribution is -2.33. The van der Waals surface area contributed by atoms with Crippen LogP contribution < -0.4 is 5.32 Å². The quantitative estimate of drug-likeness (QED) is 0.837. The lowest BCUT2D eigenvalue weighted by atomic mass is 10.1. The van der Waals surface area contributed by atoms with Crippen molar-refractivity contribution in [2.24, 2.45) is 0 Å². The topological polar surface area (TPSA) is 81.1 Å². The van der Waals surface area contributed by atoms with Crippen LogP contribution in [0.5, 0.6) is 0 Å². The number of carbonyl (C=O) groups is 1. The minimum Gasteiger partial charge on any atom is -0.349 e. The number of rotatable bonds is 7. The molecule has 0 fully saturated rings. The molecule has 1 heterocycles. The second-order valence-electron chi connectivity index (χ2n) is 5.43. The third kappa shape index (κ3) is 4.92. The molecule has 1 aromatic carbocycles. The molecule has 0 saturated heterocycles. The molecule has 1 amide bonds. The second kappa shape index (κ2) is 7.41. The molecule has 0 aliphatic rings. The van der Waals surface area contributed by atoms with E-state index in [2.05, 4.69) is 10.4 Å². The Labute approximate surface area is 136 Å². The van der Waals surface area contributed by atoms with Gasteiger partial charge in [0.25, 0.3) is 0 Å². The molecule has 2 aromatic rings. The van der Waals surface area contributed by atoms with Gasteiger partial charge >= 0.3 is 0 Å². The maximum atomic E-state index is 11.9. The van der Waals surface area contributed by atoms with E-state index in [0.29, 0.717) is 6.42 Å². The molecule has 124 valence electrons. The number of aromatic nitrogens is 2. The Bertz CT molecular complexity index is 755. The lowest BCUT2D eigenvalue weighted by Gasteiger charge is -2.15. The first-order chi connectivity index (χ1) is 10.9. The predicted molar refractivity (Wildman–Crippen MR) is 89.1 cm³/mol. The zero-order chi connectivity index (χ0) is 16.9. The number of nitrogens with one attached hydrogen (secondary N) is 1. The number of benzene rings is 1. The van der Waals surface area contributed by atoms with Gasteiger partial charge in [-0.1, -0.05) is 19.1 Å². The number of hydrogen-bond acceptors (Lipinski definition) is 4. The summed E-state index contributed by atoms with van der Waals surface area (Å²) in [5.41, 5.74) is 1.77. The summed E-state index contributed by atoms with van der Waals surface area (Å²) >= 11 is 0. The molecule has 6 nitrogen and oxygen atoms in total. The Morgan fingerprint density at radius 3 is 2.78 bits per heavy atom. The first kappa shape index (κ1) is 17.2. The molecule has 1 N–H and O–H groups in total. The van der Waals surface area contributed by atoms with E-state index in [1.54, 1.807) is 17.8 Å². The highest BCUT2D eigenvalue weighted by Crippen LogP contribution is 2.16. The molecule has 0 saturated carbocycles. The van der Waals surface area contributed by atoms with Crippen molar-refractivity contribution in [3.8, 4) is 5.69 Å². The zero-order valence-corrected chi connectivity index (χ0v) is 14.1. The van der Waals surface area contributed by atoms with E-state index in [0.717, 1.165) is 11.3 Å². The fourth-order valence-electron chi connectivity index (χ4n) is 2.31. The summed E-state index contributed by atoms with van der Waals surface area (Å²) in [5.74, 6) is -0.913. The average Bonchev–Trinajstić information content (AvgIpc) is 3.00. The molecule has 0 bridgehead atoms. The van der Waals surface area contributed by atoms with Gasteiger partial charge in [-0.15, -0.1) is 0 Å². The molecule has 1 aromatic heterocycles. The summed E-state index contributed by atoms with van der Waals surface area (Å²) in [6.07, 6.45) is 4.03. The predicted octanol–water partition coefficient (Wildman–Crippen LogP) is 1.87. The molecule has 1 atom stereocenters. The highest BCUT2D eigenvalue weighted by atomic mass is 32.2. The fraction of sp³-hybridized carbons (Fsp3) is 0.375. The van der Waals surface area contributed by atoms with Gasteiger partial charge in [-0.25, -0.2) is 13.1 Å². The molecule has 0 radical (unpaired) electrons. The summed E-state index contributed by atoms with van der Waals surface area (Å²) in [6, 6.07) is 9.14. The number of nitrogens with zero attached hydrogens (tertiary/aromatic N) is 2. The Balaban J connectivity index is 2.05. The molecule has 7 heteroatoms. The SMILES string of the molecule is CCCS(=O)(=O)CC(=O)N[C@@H](C)c1cccc(-n2cccn2)c1. The normalized spacial score (nSPS) is 12.8. The van der Waals surface area contributed by atoms with Gasteiger partial charge in [0.15, 0.2) is 9.84 Å². The number of hydrogen-bond donors (Lipinski definition) is 1. The van der Waals surface area contributed by atoms with E-state index in [1.165, 1.54) is 0 Å². The van der Waals surface area contributed by atoms with Gasteiger partial charge in [0.1, 0.15) is 5.75 Å². The zero-order valence-electron chi connectivity index (χ0n) is 13.3.